The number of rotatable bonds is 5. The second kappa shape index (κ2) is 5.63. The summed E-state index contributed by atoms with van der Waals surface area (Å²) >= 11 is 0. The molecule has 0 unspecified atom stereocenters. The predicted octanol–water partition coefficient (Wildman–Crippen LogP) is 1.67. The maximum atomic E-state index is 11.7. The molecular formula is C12H18N2O. The standard InChI is InChI=1S/C12H18N2O/c1-13(2)14(3)10-9-12(15)11-7-5-4-6-8-11/h4-8H,9-10H2,1-3H3. The molecule has 0 heterocycles. The molecule has 0 N–H and O–H groups in total. The van der Waals surface area contributed by atoms with Gasteiger partial charge >= 0.3 is 0 Å². The van der Waals surface area contributed by atoms with E-state index in [0.717, 1.165) is 12.1 Å². The Labute approximate surface area is 91.3 Å². The van der Waals surface area contributed by atoms with Crippen molar-refractivity contribution in [3.63, 3.8) is 0 Å². The first kappa shape index (κ1) is 11.9. The highest BCUT2D eigenvalue weighted by atomic mass is 16.1. The van der Waals surface area contributed by atoms with E-state index in [1.165, 1.54) is 0 Å². The van der Waals surface area contributed by atoms with Crippen LogP contribution >= 0.6 is 0 Å². The van der Waals surface area contributed by atoms with Crippen LogP contribution in [0.5, 0.6) is 0 Å². The molecule has 15 heavy (non-hydrogen) atoms. The summed E-state index contributed by atoms with van der Waals surface area (Å²) in [7, 11) is 5.90. The van der Waals surface area contributed by atoms with Crippen LogP contribution in [0, 0.1) is 0 Å². The minimum atomic E-state index is 0.198. The van der Waals surface area contributed by atoms with Crippen LogP contribution in [0.3, 0.4) is 0 Å². The molecule has 0 atom stereocenters. The summed E-state index contributed by atoms with van der Waals surface area (Å²) < 4.78 is 0. The highest BCUT2D eigenvalue weighted by Gasteiger charge is 2.07. The average molecular weight is 206 g/mol. The summed E-state index contributed by atoms with van der Waals surface area (Å²) in [4.78, 5) is 11.7. The van der Waals surface area contributed by atoms with Crippen molar-refractivity contribution in [3.05, 3.63) is 35.9 Å². The Bertz CT molecular complexity index is 309. The lowest BCUT2D eigenvalue weighted by molar-refractivity contribution is 0.0525. The van der Waals surface area contributed by atoms with Crippen LogP contribution in [-0.4, -0.2) is 43.5 Å². The van der Waals surface area contributed by atoms with E-state index in [9.17, 15) is 4.79 Å². The van der Waals surface area contributed by atoms with Crippen LogP contribution < -0.4 is 0 Å². The van der Waals surface area contributed by atoms with Crippen molar-refractivity contribution in [2.45, 2.75) is 6.42 Å². The molecule has 1 rings (SSSR count). The van der Waals surface area contributed by atoms with E-state index < -0.39 is 0 Å². The lowest BCUT2D eigenvalue weighted by Crippen LogP contribution is -2.34. The van der Waals surface area contributed by atoms with E-state index in [-0.39, 0.29) is 5.78 Å². The molecule has 0 saturated heterocycles. The normalized spacial score (nSPS) is 11.0. The lowest BCUT2D eigenvalue weighted by atomic mass is 10.1. The summed E-state index contributed by atoms with van der Waals surface area (Å²) in [5, 5.41) is 3.99. The Morgan fingerprint density at radius 1 is 1.13 bits per heavy atom. The molecular weight excluding hydrogens is 188 g/mol. The number of Topliss-reactive ketones (excluding diaryl/α,β-unsaturated/α-hetero) is 1. The van der Waals surface area contributed by atoms with Crippen molar-refractivity contribution < 1.29 is 4.79 Å². The first-order chi connectivity index (χ1) is 7.11. The van der Waals surface area contributed by atoms with E-state index >= 15 is 0 Å². The monoisotopic (exact) mass is 206 g/mol. The van der Waals surface area contributed by atoms with Gasteiger partial charge in [-0.25, -0.2) is 10.0 Å². The van der Waals surface area contributed by atoms with Gasteiger partial charge in [-0.3, -0.25) is 4.79 Å². The van der Waals surface area contributed by atoms with Gasteiger partial charge in [-0.05, 0) is 0 Å². The van der Waals surface area contributed by atoms with Crippen molar-refractivity contribution >= 4 is 5.78 Å². The van der Waals surface area contributed by atoms with Crippen LogP contribution in [0.25, 0.3) is 0 Å². The van der Waals surface area contributed by atoms with Gasteiger partial charge in [0.15, 0.2) is 5.78 Å². The van der Waals surface area contributed by atoms with E-state index in [2.05, 4.69) is 0 Å². The minimum Gasteiger partial charge on any atom is -0.294 e. The Hall–Kier alpha value is -1.19. The third-order valence-electron chi connectivity index (χ3n) is 2.44. The van der Waals surface area contributed by atoms with Gasteiger partial charge in [0.25, 0.3) is 0 Å². The highest BCUT2D eigenvalue weighted by molar-refractivity contribution is 5.96. The summed E-state index contributed by atoms with van der Waals surface area (Å²) in [6.45, 7) is 0.751. The predicted molar refractivity (Wildman–Crippen MR) is 61.7 cm³/mol. The summed E-state index contributed by atoms with van der Waals surface area (Å²) in [5.41, 5.74) is 0.796. The maximum absolute atomic E-state index is 11.7. The van der Waals surface area contributed by atoms with Crippen molar-refractivity contribution in [1.82, 2.24) is 10.0 Å². The van der Waals surface area contributed by atoms with Crippen LogP contribution in [0.4, 0.5) is 0 Å². The molecule has 0 spiro atoms. The number of carbonyl (C=O) groups is 1. The molecule has 0 saturated carbocycles. The molecule has 0 fully saturated rings. The molecule has 0 aromatic heterocycles. The zero-order valence-corrected chi connectivity index (χ0v) is 9.60. The molecule has 0 bridgehead atoms. The van der Waals surface area contributed by atoms with Gasteiger partial charge in [-0.15, -0.1) is 0 Å². The van der Waals surface area contributed by atoms with Gasteiger partial charge < -0.3 is 0 Å². The fourth-order valence-electron chi connectivity index (χ4n) is 1.23. The first-order valence-corrected chi connectivity index (χ1v) is 5.08. The Morgan fingerprint density at radius 2 is 1.73 bits per heavy atom. The van der Waals surface area contributed by atoms with Gasteiger partial charge in [0.05, 0.1) is 0 Å². The van der Waals surface area contributed by atoms with Gasteiger partial charge in [0, 0.05) is 39.7 Å². The molecule has 0 radical (unpaired) electrons. The van der Waals surface area contributed by atoms with Crippen molar-refractivity contribution in [3.8, 4) is 0 Å². The first-order valence-electron chi connectivity index (χ1n) is 5.08. The van der Waals surface area contributed by atoms with Crippen molar-refractivity contribution in [2.75, 3.05) is 27.7 Å². The van der Waals surface area contributed by atoms with Crippen LogP contribution in [0.1, 0.15) is 16.8 Å². The molecule has 1 aromatic rings. The zero-order valence-electron chi connectivity index (χ0n) is 9.60. The average Bonchev–Trinajstić information content (AvgIpc) is 2.26. The van der Waals surface area contributed by atoms with Gasteiger partial charge in [0.1, 0.15) is 0 Å². The fourth-order valence-corrected chi connectivity index (χ4v) is 1.23. The molecule has 0 aliphatic rings. The van der Waals surface area contributed by atoms with Gasteiger partial charge in [-0.2, -0.15) is 0 Å². The van der Waals surface area contributed by atoms with Gasteiger partial charge in [-0.1, -0.05) is 30.3 Å². The van der Waals surface area contributed by atoms with Crippen LogP contribution in [0.15, 0.2) is 30.3 Å². The number of hydrogen-bond donors (Lipinski definition) is 0. The highest BCUT2D eigenvalue weighted by Crippen LogP contribution is 2.03. The maximum Gasteiger partial charge on any atom is 0.164 e. The van der Waals surface area contributed by atoms with E-state index in [4.69, 9.17) is 0 Å². The number of nitrogens with zero attached hydrogens (tertiary/aromatic N) is 2. The van der Waals surface area contributed by atoms with Crippen molar-refractivity contribution in [2.24, 2.45) is 0 Å². The third kappa shape index (κ3) is 3.81. The van der Waals surface area contributed by atoms with E-state index in [1.54, 1.807) is 0 Å². The smallest absolute Gasteiger partial charge is 0.164 e. The zero-order chi connectivity index (χ0) is 11.3. The molecule has 82 valence electrons. The molecule has 0 aliphatic heterocycles. The Kier molecular flexibility index (Phi) is 4.46. The topological polar surface area (TPSA) is 23.6 Å². The third-order valence-corrected chi connectivity index (χ3v) is 2.44. The lowest BCUT2D eigenvalue weighted by Gasteiger charge is -2.23. The number of hydrogen-bond acceptors (Lipinski definition) is 3. The summed E-state index contributed by atoms with van der Waals surface area (Å²) in [6, 6.07) is 9.42. The molecule has 3 nitrogen and oxygen atoms in total. The fraction of sp³-hybridized carbons (Fsp3) is 0.417. The molecule has 3 heteroatoms. The van der Waals surface area contributed by atoms with Crippen molar-refractivity contribution in [1.29, 1.82) is 0 Å². The van der Waals surface area contributed by atoms with E-state index in [0.29, 0.717) is 6.42 Å². The molecule has 1 aromatic carbocycles. The van der Waals surface area contributed by atoms with Crippen LogP contribution in [-0.2, 0) is 0 Å². The summed E-state index contributed by atoms with van der Waals surface area (Å²) in [5.74, 6) is 0.198. The number of hydrazine groups is 1. The number of ketones is 1. The quantitative estimate of drug-likeness (QED) is 0.541. The SMILES string of the molecule is CN(C)N(C)CCC(=O)c1ccccc1. The van der Waals surface area contributed by atoms with Gasteiger partial charge in [0.2, 0.25) is 0 Å². The second-order valence-electron chi connectivity index (χ2n) is 3.77. The largest absolute Gasteiger partial charge is 0.294 e. The Morgan fingerprint density at radius 3 is 2.27 bits per heavy atom. The second-order valence-corrected chi connectivity index (χ2v) is 3.77. The molecule has 0 aliphatic carbocycles. The van der Waals surface area contributed by atoms with E-state index in [1.807, 2.05) is 61.5 Å². The summed E-state index contributed by atoms with van der Waals surface area (Å²) in [6.07, 6.45) is 0.554. The number of carbonyl (C=O) groups excluding carboxylic acids is 1. The molecule has 0 amide bonds. The minimum absolute atomic E-state index is 0.198. The number of benzene rings is 1. The Balaban J connectivity index is 2.44. The van der Waals surface area contributed by atoms with Crippen LogP contribution in [0.2, 0.25) is 0 Å².